The van der Waals surface area contributed by atoms with Gasteiger partial charge < -0.3 is 26.0 Å². The molecule has 0 aliphatic carbocycles. The van der Waals surface area contributed by atoms with E-state index in [9.17, 15) is 31.2 Å². The summed E-state index contributed by atoms with van der Waals surface area (Å²) in [6.07, 6.45) is 13.2. The smallest absolute Gasteiger partial charge is 0.324 e. The molecule has 2 amide bonds. The van der Waals surface area contributed by atoms with Crippen LogP contribution in [0.5, 0.6) is 0 Å². The van der Waals surface area contributed by atoms with Gasteiger partial charge in [0.25, 0.3) is 31.9 Å². The van der Waals surface area contributed by atoms with Crippen molar-refractivity contribution in [3.05, 3.63) is 104 Å². The number of esters is 1. The molecule has 2 fully saturated rings. The molecule has 0 spiro atoms. The largest absolute Gasteiger partial charge is 0.468 e. The van der Waals surface area contributed by atoms with E-state index in [1.54, 1.807) is 71.0 Å². The maximum absolute atomic E-state index is 13.4. The molecule has 4 N–H and O–H groups in total. The molecule has 4 heterocycles. The third-order valence-corrected chi connectivity index (χ3v) is 19.1. The van der Waals surface area contributed by atoms with E-state index in [0.717, 1.165) is 61.4 Å². The number of methoxy groups -OCH3 is 1. The molecule has 0 saturated carbocycles. The van der Waals surface area contributed by atoms with Crippen LogP contribution in [-0.2, 0) is 42.7 Å². The molecule has 2 saturated heterocycles. The molecule has 2 aliphatic heterocycles. The first-order chi connectivity index (χ1) is 32.7. The summed E-state index contributed by atoms with van der Waals surface area (Å²) in [4.78, 5) is 38.5. The second-order valence-corrected chi connectivity index (χ2v) is 24.4. The summed E-state index contributed by atoms with van der Waals surface area (Å²) in [6, 6.07) is 19.0. The molecule has 2 unspecified atom stereocenters. The predicted octanol–water partition coefficient (Wildman–Crippen LogP) is 8.85. The van der Waals surface area contributed by atoms with Crippen molar-refractivity contribution in [1.82, 2.24) is 29.9 Å². The fourth-order valence-corrected chi connectivity index (χ4v) is 14.2. The number of ether oxygens (including phenoxy) is 1. The zero-order valence-corrected chi connectivity index (χ0v) is 43.9. The molecule has 2 aromatic heterocycles. The third-order valence-electron chi connectivity index (χ3n) is 11.8. The fraction of sp³-hybridized carbons (Fsp3) is 0.521. The number of hydrogen-bond donors (Lipinski definition) is 4. The zero-order valence-electron chi connectivity index (χ0n) is 39.1. The summed E-state index contributed by atoms with van der Waals surface area (Å²) in [5, 5.41) is 13.6. The average Bonchev–Trinajstić information content (AvgIpc) is 4.18. The van der Waals surface area contributed by atoms with E-state index in [-0.39, 0.29) is 47.7 Å². The van der Waals surface area contributed by atoms with Gasteiger partial charge in [-0.15, -0.1) is 22.7 Å². The molecule has 2 aromatic carbocycles. The van der Waals surface area contributed by atoms with Crippen molar-refractivity contribution >= 4 is 83.7 Å². The third kappa shape index (κ3) is 16.6. The lowest BCUT2D eigenvalue weighted by molar-refractivity contribution is -0.144. The van der Waals surface area contributed by atoms with Crippen LogP contribution >= 0.6 is 45.9 Å². The summed E-state index contributed by atoms with van der Waals surface area (Å²) in [5.74, 6) is -1.06. The Hall–Kier alpha value is -3.43. The number of hydrogen-bond acceptors (Lipinski definition) is 12. The van der Waals surface area contributed by atoms with E-state index in [2.05, 4.69) is 35.1 Å². The molecule has 2 aliphatic rings. The monoisotopic (exact) mass is 1050 g/mol. The Kier molecular flexibility index (Phi) is 22.7. The van der Waals surface area contributed by atoms with Crippen LogP contribution in [0.3, 0.4) is 0 Å². The molecule has 0 bridgehead atoms. The van der Waals surface area contributed by atoms with Crippen LogP contribution in [0.15, 0.2) is 81.2 Å². The highest BCUT2D eigenvalue weighted by atomic mass is 35.5. The fourth-order valence-electron chi connectivity index (χ4n) is 7.92. The Labute approximate surface area is 421 Å². The first kappa shape index (κ1) is 55.5. The van der Waals surface area contributed by atoms with Crippen LogP contribution in [0.4, 0.5) is 0 Å². The molecule has 20 heteroatoms. The standard InChI is InChI=1S/C24H32ClN3O5S2.C24H34ClN3O3S2/c1-3-4-5-6-13-26-19-14-21(24(30)33-2)28(16-19)35(31,32)22-12-11-20(34-22)15-27-23(29)17-7-9-18(25)10-8-17;1-2-3-4-5-6-7-15-26-21-14-16-28(18-21)33(30,31)23-13-12-22(32-23)17-27-24(29)19-8-10-20(25)11-9-19/h7-12,19,21,26H,3-6,13-16H2,1-2H3,(H,27,29);8-13,21,26H,2-7,14-18H2,1H3,(H,27,29)/t19?,21-;/m0./s1. The van der Waals surface area contributed by atoms with Gasteiger partial charge in [0.15, 0.2) is 0 Å². The average molecular weight is 1050 g/mol. The Bertz CT molecular complexity index is 2430. The topological polar surface area (TPSA) is 183 Å². The van der Waals surface area contributed by atoms with Gasteiger partial charge in [0.1, 0.15) is 14.5 Å². The van der Waals surface area contributed by atoms with Crippen molar-refractivity contribution in [3.8, 4) is 0 Å². The second-order valence-electron chi connectivity index (χ2n) is 17.0. The van der Waals surface area contributed by atoms with Crippen molar-refractivity contribution in [3.63, 3.8) is 0 Å². The van der Waals surface area contributed by atoms with Crippen molar-refractivity contribution < 1.29 is 36.0 Å². The van der Waals surface area contributed by atoms with Crippen molar-refractivity contribution in [1.29, 1.82) is 0 Å². The van der Waals surface area contributed by atoms with Gasteiger partial charge in [0.2, 0.25) is 0 Å². The zero-order chi connectivity index (χ0) is 49.1. The molecule has 6 rings (SSSR count). The molecule has 14 nitrogen and oxygen atoms in total. The van der Waals surface area contributed by atoms with Gasteiger partial charge in [-0.25, -0.2) is 16.8 Å². The second kappa shape index (κ2) is 27.8. The van der Waals surface area contributed by atoms with Gasteiger partial charge in [-0.05, 0) is 112 Å². The number of thiophene rings is 2. The van der Waals surface area contributed by atoms with E-state index in [1.165, 1.54) is 67.3 Å². The van der Waals surface area contributed by atoms with Crippen molar-refractivity contribution in [2.75, 3.05) is 39.8 Å². The van der Waals surface area contributed by atoms with Crippen LogP contribution in [-0.4, -0.2) is 101 Å². The number of nitrogens with one attached hydrogen (secondary N) is 4. The molecular formula is C48H66Cl2N6O8S4. The number of nitrogens with zero attached hydrogens (tertiary/aromatic N) is 2. The van der Waals surface area contributed by atoms with Gasteiger partial charge >= 0.3 is 5.97 Å². The number of carbonyl (C=O) groups is 3. The number of carbonyl (C=O) groups excluding carboxylic acids is 3. The van der Waals surface area contributed by atoms with Crippen molar-refractivity contribution in [2.24, 2.45) is 0 Å². The lowest BCUT2D eigenvalue weighted by Gasteiger charge is -2.21. The molecule has 4 aromatic rings. The lowest BCUT2D eigenvalue weighted by atomic mass is 10.1. The first-order valence-electron chi connectivity index (χ1n) is 23.5. The number of sulfonamides is 2. The van der Waals surface area contributed by atoms with E-state index in [4.69, 9.17) is 27.9 Å². The SMILES string of the molecule is CCCCCCCCNC1CCN(S(=O)(=O)c2ccc(CNC(=O)c3ccc(Cl)cc3)s2)C1.CCCCCCNC1C[C@@H](C(=O)OC)N(S(=O)(=O)c2ccc(CNC(=O)c3ccc(Cl)cc3)s2)C1. The highest BCUT2D eigenvalue weighted by Crippen LogP contribution is 2.32. The molecular weight excluding hydrogens is 988 g/mol. The number of halogens is 2. The minimum atomic E-state index is -3.91. The quantitative estimate of drug-likeness (QED) is 0.0370. The summed E-state index contributed by atoms with van der Waals surface area (Å²) in [7, 11) is -6.14. The highest BCUT2D eigenvalue weighted by molar-refractivity contribution is 7.91. The Morgan fingerprint density at radius 1 is 0.632 bits per heavy atom. The van der Waals surface area contributed by atoms with Crippen LogP contribution in [0, 0.1) is 0 Å². The van der Waals surface area contributed by atoms with Crippen molar-refractivity contribution in [2.45, 2.75) is 131 Å². The summed E-state index contributed by atoms with van der Waals surface area (Å²) in [5.41, 5.74) is 0.977. The Balaban J connectivity index is 0.000000255. The highest BCUT2D eigenvalue weighted by Gasteiger charge is 2.45. The molecule has 0 radical (unpaired) electrons. The van der Waals surface area contributed by atoms with Gasteiger partial charge in [0, 0.05) is 62.6 Å². The minimum Gasteiger partial charge on any atom is -0.468 e. The predicted molar refractivity (Wildman–Crippen MR) is 273 cm³/mol. The van der Waals surface area contributed by atoms with Gasteiger partial charge in [-0.3, -0.25) is 14.4 Å². The maximum atomic E-state index is 13.4. The van der Waals surface area contributed by atoms with Gasteiger partial charge in [-0.2, -0.15) is 8.61 Å². The Morgan fingerprint density at radius 2 is 1.10 bits per heavy atom. The van der Waals surface area contributed by atoms with E-state index < -0.39 is 32.1 Å². The summed E-state index contributed by atoms with van der Waals surface area (Å²) >= 11 is 14.0. The van der Waals surface area contributed by atoms with E-state index in [0.29, 0.717) is 49.8 Å². The number of unbranched alkanes of at least 4 members (excludes halogenated alkanes) is 8. The van der Waals surface area contributed by atoms with Crippen LogP contribution in [0.2, 0.25) is 10.0 Å². The lowest BCUT2D eigenvalue weighted by Crippen LogP contribution is -2.41. The maximum Gasteiger partial charge on any atom is 0.324 e. The van der Waals surface area contributed by atoms with Crippen LogP contribution in [0.1, 0.15) is 121 Å². The molecule has 374 valence electrons. The number of benzene rings is 2. The van der Waals surface area contributed by atoms with Gasteiger partial charge in [-0.1, -0.05) is 88.4 Å². The van der Waals surface area contributed by atoms with Gasteiger partial charge in [0.05, 0.1) is 20.2 Å². The molecule has 68 heavy (non-hydrogen) atoms. The minimum absolute atomic E-state index is 0.117. The first-order valence-corrected chi connectivity index (χ1v) is 28.7. The van der Waals surface area contributed by atoms with E-state index in [1.807, 2.05) is 0 Å². The Morgan fingerprint density at radius 3 is 1.62 bits per heavy atom. The summed E-state index contributed by atoms with van der Waals surface area (Å²) in [6.45, 7) is 7.82. The molecule has 3 atom stereocenters. The number of amides is 2. The van der Waals surface area contributed by atoms with E-state index >= 15 is 0 Å². The van der Waals surface area contributed by atoms with Crippen LogP contribution < -0.4 is 21.3 Å². The normalized spacial score (nSPS) is 17.7. The van der Waals surface area contributed by atoms with Crippen LogP contribution in [0.25, 0.3) is 0 Å². The summed E-state index contributed by atoms with van der Waals surface area (Å²) < 4.78 is 61.2. The number of rotatable bonds is 25.